The zero-order valence-electron chi connectivity index (χ0n) is 19.6. The van der Waals surface area contributed by atoms with Crippen LogP contribution in [0.1, 0.15) is 16.1 Å². The monoisotopic (exact) mass is 493 g/mol. The van der Waals surface area contributed by atoms with Crippen LogP contribution in [0.15, 0.2) is 36.4 Å². The van der Waals surface area contributed by atoms with Crippen LogP contribution in [-0.2, 0) is 6.54 Å². The van der Waals surface area contributed by atoms with Gasteiger partial charge in [-0.05, 0) is 23.8 Å². The van der Waals surface area contributed by atoms with E-state index in [9.17, 15) is 18.0 Å². The van der Waals surface area contributed by atoms with Gasteiger partial charge in [-0.2, -0.15) is 0 Å². The molecule has 3 aromatic rings. The first-order valence-corrected chi connectivity index (χ1v) is 10.9. The van der Waals surface area contributed by atoms with Crippen LogP contribution < -0.4 is 18.9 Å². The standard InChI is InChI=1S/C24H26F3N3O5/c1-32-19-13-20(33-2)22(34-3)21-17(19)12-18(28-21)23(31)30-10-8-29(9-11-30)14-15-4-6-16(7-5-15)35-24(25,26)27/h4-7,12-13,28H,8-11,14H2,1-3H3. The molecule has 1 aliphatic rings. The van der Waals surface area contributed by atoms with E-state index in [-0.39, 0.29) is 11.7 Å². The predicted octanol–water partition coefficient (Wildman–Crippen LogP) is 4.05. The lowest BCUT2D eigenvalue weighted by Gasteiger charge is -2.34. The molecular formula is C24H26F3N3O5. The number of alkyl halides is 3. The van der Waals surface area contributed by atoms with Gasteiger partial charge in [0.2, 0.25) is 0 Å². The lowest BCUT2D eigenvalue weighted by Crippen LogP contribution is -2.48. The Hall–Kier alpha value is -3.60. The Morgan fingerprint density at radius 3 is 2.17 bits per heavy atom. The number of nitrogens with one attached hydrogen (secondary N) is 1. The van der Waals surface area contributed by atoms with Gasteiger partial charge in [-0.25, -0.2) is 0 Å². The molecule has 188 valence electrons. The fourth-order valence-electron chi connectivity index (χ4n) is 4.19. The summed E-state index contributed by atoms with van der Waals surface area (Å²) in [6, 6.07) is 9.28. The summed E-state index contributed by atoms with van der Waals surface area (Å²) in [5.41, 5.74) is 1.89. The van der Waals surface area contributed by atoms with Crippen LogP contribution in [0.2, 0.25) is 0 Å². The van der Waals surface area contributed by atoms with Crippen LogP contribution in [0.5, 0.6) is 23.0 Å². The van der Waals surface area contributed by atoms with Crippen molar-refractivity contribution >= 4 is 16.8 Å². The normalized spacial score (nSPS) is 14.7. The molecule has 1 fully saturated rings. The first-order chi connectivity index (χ1) is 16.7. The number of hydrogen-bond acceptors (Lipinski definition) is 6. The molecule has 0 radical (unpaired) electrons. The number of H-pyrrole nitrogens is 1. The Morgan fingerprint density at radius 2 is 1.60 bits per heavy atom. The maximum Gasteiger partial charge on any atom is 0.573 e. The number of amides is 1. The van der Waals surface area contributed by atoms with Gasteiger partial charge in [0.15, 0.2) is 11.5 Å². The largest absolute Gasteiger partial charge is 0.573 e. The van der Waals surface area contributed by atoms with E-state index in [1.54, 1.807) is 36.3 Å². The smallest absolute Gasteiger partial charge is 0.496 e. The summed E-state index contributed by atoms with van der Waals surface area (Å²) in [6.07, 6.45) is -4.71. The van der Waals surface area contributed by atoms with Crippen molar-refractivity contribution in [1.29, 1.82) is 0 Å². The topological polar surface area (TPSA) is 76.3 Å². The number of nitrogens with zero attached hydrogens (tertiary/aromatic N) is 2. The van der Waals surface area contributed by atoms with E-state index < -0.39 is 6.36 Å². The minimum atomic E-state index is -4.71. The summed E-state index contributed by atoms with van der Waals surface area (Å²) in [4.78, 5) is 20.3. The maximum atomic E-state index is 13.2. The Kier molecular flexibility index (Phi) is 6.97. The van der Waals surface area contributed by atoms with E-state index in [2.05, 4.69) is 14.6 Å². The Morgan fingerprint density at radius 1 is 0.943 bits per heavy atom. The Labute approximate surface area is 200 Å². The molecule has 2 aromatic carbocycles. The molecule has 0 saturated carbocycles. The summed E-state index contributed by atoms with van der Waals surface area (Å²) in [7, 11) is 4.61. The molecule has 8 nitrogen and oxygen atoms in total. The molecule has 1 saturated heterocycles. The van der Waals surface area contributed by atoms with Crippen molar-refractivity contribution in [3.8, 4) is 23.0 Å². The molecule has 11 heteroatoms. The molecule has 1 amide bonds. The maximum absolute atomic E-state index is 13.2. The van der Waals surface area contributed by atoms with Gasteiger partial charge in [-0.1, -0.05) is 12.1 Å². The molecule has 0 unspecified atom stereocenters. The molecule has 1 aromatic heterocycles. The van der Waals surface area contributed by atoms with E-state index in [0.717, 1.165) is 5.56 Å². The van der Waals surface area contributed by atoms with Gasteiger partial charge in [0.1, 0.15) is 17.2 Å². The predicted molar refractivity (Wildman–Crippen MR) is 122 cm³/mol. The number of piperazine rings is 1. The minimum Gasteiger partial charge on any atom is -0.496 e. The molecule has 1 aliphatic heterocycles. The molecular weight excluding hydrogens is 467 g/mol. The Balaban J connectivity index is 1.41. The molecule has 4 rings (SSSR count). The number of methoxy groups -OCH3 is 3. The summed E-state index contributed by atoms with van der Waals surface area (Å²) in [6.45, 7) is 2.86. The summed E-state index contributed by atoms with van der Waals surface area (Å²) < 4.78 is 57.2. The number of rotatable bonds is 7. The van der Waals surface area contributed by atoms with Crippen molar-refractivity contribution in [2.24, 2.45) is 0 Å². The fraction of sp³-hybridized carbons (Fsp3) is 0.375. The highest BCUT2D eigenvalue weighted by Gasteiger charge is 2.31. The number of aromatic nitrogens is 1. The first-order valence-electron chi connectivity index (χ1n) is 10.9. The summed E-state index contributed by atoms with van der Waals surface area (Å²) in [5.74, 6) is 1.14. The number of carbonyl (C=O) groups excluding carboxylic acids is 1. The van der Waals surface area contributed by atoms with Crippen LogP contribution in [-0.4, -0.2) is 74.6 Å². The van der Waals surface area contributed by atoms with E-state index in [4.69, 9.17) is 14.2 Å². The molecule has 0 aliphatic carbocycles. The van der Waals surface area contributed by atoms with Gasteiger partial charge in [0.05, 0.1) is 26.8 Å². The minimum absolute atomic E-state index is 0.141. The van der Waals surface area contributed by atoms with Crippen molar-refractivity contribution in [2.45, 2.75) is 12.9 Å². The van der Waals surface area contributed by atoms with E-state index >= 15 is 0 Å². The van der Waals surface area contributed by atoms with Crippen LogP contribution in [0.25, 0.3) is 10.9 Å². The van der Waals surface area contributed by atoms with Gasteiger partial charge < -0.3 is 28.8 Å². The number of benzene rings is 2. The zero-order chi connectivity index (χ0) is 25.2. The van der Waals surface area contributed by atoms with Crippen molar-refractivity contribution in [1.82, 2.24) is 14.8 Å². The number of hydrogen-bond donors (Lipinski definition) is 1. The average molecular weight is 493 g/mol. The molecule has 1 N–H and O–H groups in total. The van der Waals surface area contributed by atoms with Gasteiger partial charge >= 0.3 is 6.36 Å². The fourth-order valence-corrected chi connectivity index (χ4v) is 4.19. The first kappa shape index (κ1) is 24.5. The molecule has 0 bridgehead atoms. The SMILES string of the molecule is COc1cc(OC)c2cc(C(=O)N3CCN(Cc4ccc(OC(F)(F)F)cc4)CC3)[nH]c2c1OC. The zero-order valence-corrected chi connectivity index (χ0v) is 19.6. The second kappa shape index (κ2) is 9.95. The van der Waals surface area contributed by atoms with E-state index in [1.807, 2.05) is 0 Å². The number of aromatic amines is 1. The second-order valence-corrected chi connectivity index (χ2v) is 8.05. The molecule has 2 heterocycles. The third-order valence-corrected chi connectivity index (χ3v) is 5.89. The number of carbonyl (C=O) groups is 1. The highest BCUT2D eigenvalue weighted by Crippen LogP contribution is 2.41. The average Bonchev–Trinajstić information content (AvgIpc) is 3.28. The van der Waals surface area contributed by atoms with Crippen LogP contribution in [0.4, 0.5) is 13.2 Å². The molecule has 0 spiro atoms. The van der Waals surface area contributed by atoms with Crippen LogP contribution >= 0.6 is 0 Å². The lowest BCUT2D eigenvalue weighted by molar-refractivity contribution is -0.274. The van der Waals surface area contributed by atoms with E-state index in [0.29, 0.717) is 66.6 Å². The molecule has 0 atom stereocenters. The third kappa shape index (κ3) is 5.40. The summed E-state index contributed by atoms with van der Waals surface area (Å²) >= 11 is 0. The van der Waals surface area contributed by atoms with Gasteiger partial charge in [0.25, 0.3) is 5.91 Å². The number of halogens is 3. The van der Waals surface area contributed by atoms with Gasteiger partial charge in [0, 0.05) is 44.2 Å². The van der Waals surface area contributed by atoms with Gasteiger partial charge in [-0.15, -0.1) is 13.2 Å². The lowest BCUT2D eigenvalue weighted by atomic mass is 10.2. The number of ether oxygens (including phenoxy) is 4. The highest BCUT2D eigenvalue weighted by atomic mass is 19.4. The molecule has 35 heavy (non-hydrogen) atoms. The van der Waals surface area contributed by atoms with Crippen molar-refractivity contribution in [3.05, 3.63) is 47.7 Å². The highest BCUT2D eigenvalue weighted by molar-refractivity contribution is 6.02. The summed E-state index contributed by atoms with van der Waals surface area (Å²) in [5, 5.41) is 0.713. The third-order valence-electron chi connectivity index (χ3n) is 5.89. The van der Waals surface area contributed by atoms with Crippen molar-refractivity contribution in [2.75, 3.05) is 47.5 Å². The second-order valence-electron chi connectivity index (χ2n) is 8.05. The van der Waals surface area contributed by atoms with Crippen LogP contribution in [0, 0.1) is 0 Å². The van der Waals surface area contributed by atoms with Gasteiger partial charge in [-0.3, -0.25) is 9.69 Å². The number of fused-ring (bicyclic) bond motifs is 1. The van der Waals surface area contributed by atoms with Crippen molar-refractivity contribution < 1.29 is 36.9 Å². The van der Waals surface area contributed by atoms with Crippen LogP contribution in [0.3, 0.4) is 0 Å². The quantitative estimate of drug-likeness (QED) is 0.535. The Bertz CT molecular complexity index is 1190. The van der Waals surface area contributed by atoms with E-state index in [1.165, 1.54) is 26.4 Å². The van der Waals surface area contributed by atoms with Crippen molar-refractivity contribution in [3.63, 3.8) is 0 Å².